The van der Waals surface area contributed by atoms with E-state index >= 15 is 0 Å². The minimum absolute atomic E-state index is 0.0681. The smallest absolute Gasteiger partial charge is 0.366 e. The second kappa shape index (κ2) is 7.62. The first kappa shape index (κ1) is 19.6. The number of alkyl halides is 3. The first-order chi connectivity index (χ1) is 13.8. The summed E-state index contributed by atoms with van der Waals surface area (Å²) in [6, 6.07) is 3.99. The second-order valence-electron chi connectivity index (χ2n) is 7.50. The average Bonchev–Trinajstić information content (AvgIpc) is 3.02. The molecule has 0 saturated carbocycles. The molecule has 0 bridgehead atoms. The predicted molar refractivity (Wildman–Crippen MR) is 105 cm³/mol. The lowest BCUT2D eigenvalue weighted by Crippen LogP contribution is -2.49. The highest BCUT2D eigenvalue weighted by molar-refractivity contribution is 5.77. The quantitative estimate of drug-likeness (QED) is 0.682. The summed E-state index contributed by atoms with van der Waals surface area (Å²) in [7, 11) is 1.94. The Kier molecular flexibility index (Phi) is 5.16. The monoisotopic (exact) mass is 404 g/mol. The van der Waals surface area contributed by atoms with Gasteiger partial charge in [-0.1, -0.05) is 6.92 Å². The van der Waals surface area contributed by atoms with Crippen molar-refractivity contribution in [1.82, 2.24) is 24.4 Å². The molecule has 3 aromatic heterocycles. The molecule has 0 aromatic carbocycles. The van der Waals surface area contributed by atoms with Crippen LogP contribution in [0.15, 0.2) is 30.9 Å². The number of imidazole rings is 1. The molecule has 0 radical (unpaired) electrons. The highest BCUT2D eigenvalue weighted by Gasteiger charge is 2.38. The normalized spacial score (nSPS) is 15.6. The van der Waals surface area contributed by atoms with Crippen molar-refractivity contribution in [2.24, 2.45) is 7.05 Å². The van der Waals surface area contributed by atoms with Gasteiger partial charge in [-0.15, -0.1) is 0 Å². The van der Waals surface area contributed by atoms with Crippen LogP contribution in [-0.2, 0) is 20.0 Å². The molecule has 1 aliphatic heterocycles. The Bertz CT molecular complexity index is 1010. The van der Waals surface area contributed by atoms with E-state index in [1.165, 1.54) is 4.90 Å². The third kappa shape index (κ3) is 4.34. The maximum Gasteiger partial charge on any atom is 0.401 e. The fourth-order valence-corrected chi connectivity index (χ4v) is 3.71. The molecular formula is C20H23F3N6. The van der Waals surface area contributed by atoms with Crippen LogP contribution in [0.3, 0.4) is 0 Å². The van der Waals surface area contributed by atoms with E-state index in [2.05, 4.69) is 27.2 Å². The van der Waals surface area contributed by atoms with Gasteiger partial charge in [0.2, 0.25) is 0 Å². The molecule has 4 rings (SSSR count). The number of pyridine rings is 2. The Balaban J connectivity index is 1.41. The topological polar surface area (TPSA) is 58.9 Å². The van der Waals surface area contributed by atoms with Gasteiger partial charge in [0.1, 0.15) is 11.3 Å². The number of halogens is 3. The zero-order valence-corrected chi connectivity index (χ0v) is 16.4. The Morgan fingerprint density at radius 1 is 1.10 bits per heavy atom. The van der Waals surface area contributed by atoms with Crippen molar-refractivity contribution in [1.29, 1.82) is 0 Å². The number of aromatic nitrogens is 4. The van der Waals surface area contributed by atoms with E-state index < -0.39 is 12.7 Å². The fraction of sp³-hybridized carbons (Fsp3) is 0.450. The van der Waals surface area contributed by atoms with Crippen molar-refractivity contribution in [2.75, 3.05) is 25.0 Å². The van der Waals surface area contributed by atoms with Gasteiger partial charge < -0.3 is 9.88 Å². The summed E-state index contributed by atoms with van der Waals surface area (Å²) in [6.07, 6.45) is 2.01. The molecule has 29 heavy (non-hydrogen) atoms. The van der Waals surface area contributed by atoms with Crippen molar-refractivity contribution < 1.29 is 13.2 Å². The van der Waals surface area contributed by atoms with Crippen LogP contribution < -0.4 is 5.32 Å². The summed E-state index contributed by atoms with van der Waals surface area (Å²) in [6.45, 7) is 2.61. The van der Waals surface area contributed by atoms with Crippen molar-refractivity contribution >= 4 is 16.9 Å². The molecule has 4 heterocycles. The maximum atomic E-state index is 12.5. The lowest BCUT2D eigenvalue weighted by molar-refractivity contribution is -0.155. The van der Waals surface area contributed by atoms with Crippen molar-refractivity contribution in [3.05, 3.63) is 47.7 Å². The van der Waals surface area contributed by atoms with Crippen LogP contribution in [-0.4, -0.2) is 50.2 Å². The molecule has 1 aliphatic rings. The number of likely N-dealkylation sites (tertiary alicyclic amines) is 1. The van der Waals surface area contributed by atoms with Crippen molar-refractivity contribution in [2.45, 2.75) is 32.0 Å². The van der Waals surface area contributed by atoms with Crippen LogP contribution in [0.4, 0.5) is 19.0 Å². The van der Waals surface area contributed by atoms with Crippen molar-refractivity contribution in [3.63, 3.8) is 0 Å². The number of anilines is 1. The van der Waals surface area contributed by atoms with Crippen LogP contribution in [0.5, 0.6) is 0 Å². The van der Waals surface area contributed by atoms with E-state index in [1.807, 2.05) is 29.9 Å². The van der Waals surface area contributed by atoms with Gasteiger partial charge in [0.15, 0.2) is 0 Å². The number of hydrogen-bond donors (Lipinski definition) is 1. The minimum Gasteiger partial charge on any atom is -0.366 e. The number of nitrogens with zero attached hydrogens (tertiary/aromatic N) is 5. The Morgan fingerprint density at radius 2 is 1.90 bits per heavy atom. The van der Waals surface area contributed by atoms with E-state index in [-0.39, 0.29) is 5.92 Å². The van der Waals surface area contributed by atoms with Gasteiger partial charge in [0, 0.05) is 50.6 Å². The maximum absolute atomic E-state index is 12.5. The minimum atomic E-state index is -4.14. The highest BCUT2D eigenvalue weighted by atomic mass is 19.4. The third-order valence-corrected chi connectivity index (χ3v) is 5.34. The summed E-state index contributed by atoms with van der Waals surface area (Å²) in [5.41, 5.74) is 4.94. The van der Waals surface area contributed by atoms with Gasteiger partial charge in [0.25, 0.3) is 0 Å². The van der Waals surface area contributed by atoms with Gasteiger partial charge in [-0.05, 0) is 23.6 Å². The summed E-state index contributed by atoms with van der Waals surface area (Å²) >= 11 is 0. The predicted octanol–water partition coefficient (Wildman–Crippen LogP) is 3.50. The largest absolute Gasteiger partial charge is 0.401 e. The van der Waals surface area contributed by atoms with Crippen molar-refractivity contribution in [3.8, 4) is 0 Å². The number of fused-ring (bicyclic) bond motifs is 1. The zero-order valence-electron chi connectivity index (χ0n) is 16.4. The molecule has 0 atom stereocenters. The molecule has 0 spiro atoms. The number of hydrogen-bond acceptors (Lipinski definition) is 5. The Hall–Kier alpha value is -2.68. The van der Waals surface area contributed by atoms with E-state index in [0.29, 0.717) is 19.6 Å². The number of rotatable bonds is 6. The van der Waals surface area contributed by atoms with Gasteiger partial charge in [-0.3, -0.25) is 9.88 Å². The van der Waals surface area contributed by atoms with E-state index in [4.69, 9.17) is 0 Å². The first-order valence-electron chi connectivity index (χ1n) is 9.60. The summed E-state index contributed by atoms with van der Waals surface area (Å²) in [4.78, 5) is 14.6. The Morgan fingerprint density at radius 3 is 2.62 bits per heavy atom. The lowest BCUT2D eigenvalue weighted by atomic mass is 9.93. The highest BCUT2D eigenvalue weighted by Crippen LogP contribution is 2.30. The molecular weight excluding hydrogens is 381 g/mol. The van der Waals surface area contributed by atoms with Crippen LogP contribution in [0.25, 0.3) is 11.0 Å². The van der Waals surface area contributed by atoms with E-state index in [1.54, 1.807) is 12.5 Å². The third-order valence-electron chi connectivity index (χ3n) is 5.34. The molecule has 1 fully saturated rings. The van der Waals surface area contributed by atoms with Crippen LogP contribution in [0, 0.1) is 0 Å². The van der Waals surface area contributed by atoms with Gasteiger partial charge in [0.05, 0.1) is 24.6 Å². The van der Waals surface area contributed by atoms with Gasteiger partial charge in [-0.2, -0.15) is 13.2 Å². The average molecular weight is 404 g/mol. The summed E-state index contributed by atoms with van der Waals surface area (Å²) in [5.74, 6) is 0.826. The fourth-order valence-electron chi connectivity index (χ4n) is 3.71. The van der Waals surface area contributed by atoms with E-state index in [0.717, 1.165) is 40.1 Å². The molecule has 9 heteroatoms. The molecule has 0 amide bonds. The number of aryl methyl sites for hydroxylation is 2. The standard InChI is InChI=1S/C20H23F3N6/c1-3-13-4-16(15-9-29(10-15)11-20(21,22)23)24-6-14(13)7-25-19-5-18-17(8-26-19)27-12-28(18)2/h4-6,8,12,15H,3,7,9-11H2,1-2H3,(H,25,26). The van der Waals surface area contributed by atoms with Crippen LogP contribution >= 0.6 is 0 Å². The molecule has 1 saturated heterocycles. The van der Waals surface area contributed by atoms with Crippen LogP contribution in [0.2, 0.25) is 0 Å². The number of nitrogens with one attached hydrogen (secondary N) is 1. The first-order valence-corrected chi connectivity index (χ1v) is 9.60. The lowest BCUT2D eigenvalue weighted by Gasteiger charge is -2.39. The molecule has 1 N–H and O–H groups in total. The Labute approximate surface area is 166 Å². The molecule has 0 unspecified atom stereocenters. The molecule has 3 aromatic rings. The second-order valence-corrected chi connectivity index (χ2v) is 7.50. The summed E-state index contributed by atoms with van der Waals surface area (Å²) < 4.78 is 39.3. The molecule has 6 nitrogen and oxygen atoms in total. The van der Waals surface area contributed by atoms with Gasteiger partial charge >= 0.3 is 6.18 Å². The zero-order chi connectivity index (χ0) is 20.6. The SMILES string of the molecule is CCc1cc(C2CN(CC(F)(F)F)C2)ncc1CNc1cc2c(cn1)ncn2C. The van der Waals surface area contributed by atoms with Gasteiger partial charge in [-0.25, -0.2) is 9.97 Å². The van der Waals surface area contributed by atoms with Crippen LogP contribution in [0.1, 0.15) is 29.7 Å². The molecule has 0 aliphatic carbocycles. The summed E-state index contributed by atoms with van der Waals surface area (Å²) in [5, 5.41) is 3.33. The molecule has 154 valence electrons. The van der Waals surface area contributed by atoms with E-state index in [9.17, 15) is 13.2 Å².